The first-order valence-corrected chi connectivity index (χ1v) is 12.5. The number of nitrogens with one attached hydrogen (secondary N) is 1. The molecule has 0 saturated carbocycles. The van der Waals surface area contributed by atoms with E-state index >= 15 is 0 Å². The summed E-state index contributed by atoms with van der Waals surface area (Å²) in [5, 5.41) is 4.04. The zero-order valence-electron chi connectivity index (χ0n) is 18.8. The quantitative estimate of drug-likeness (QED) is 0.441. The number of hydrogen-bond acceptors (Lipinski definition) is 5. The van der Waals surface area contributed by atoms with Crippen LogP contribution in [-0.4, -0.2) is 32.3 Å². The molecule has 0 atom stereocenters. The van der Waals surface area contributed by atoms with Crippen LogP contribution in [0.4, 0.5) is 0 Å². The maximum atomic E-state index is 13.1. The summed E-state index contributed by atoms with van der Waals surface area (Å²) in [5.41, 5.74) is 1.86. The van der Waals surface area contributed by atoms with Gasteiger partial charge in [-0.1, -0.05) is 30.3 Å². The highest BCUT2D eigenvalue weighted by molar-refractivity contribution is 7.90. The molecule has 0 aliphatic heterocycles. The predicted molar refractivity (Wildman–Crippen MR) is 131 cm³/mol. The van der Waals surface area contributed by atoms with Crippen molar-refractivity contribution >= 4 is 26.5 Å². The smallest absolute Gasteiger partial charge is 0.258 e. The Kier molecular flexibility index (Phi) is 6.51. The van der Waals surface area contributed by atoms with E-state index in [1.54, 1.807) is 43.6 Å². The highest BCUT2D eigenvalue weighted by atomic mass is 32.2. The van der Waals surface area contributed by atoms with Gasteiger partial charge in [-0.3, -0.25) is 9.59 Å². The van der Waals surface area contributed by atoms with Gasteiger partial charge >= 0.3 is 0 Å². The summed E-state index contributed by atoms with van der Waals surface area (Å²) >= 11 is 0. The lowest BCUT2D eigenvalue weighted by molar-refractivity contribution is 0.0951. The van der Waals surface area contributed by atoms with Gasteiger partial charge in [0.05, 0.1) is 18.6 Å². The van der Waals surface area contributed by atoms with E-state index in [2.05, 4.69) is 5.32 Å². The highest BCUT2D eigenvalue weighted by Crippen LogP contribution is 2.16. The molecule has 174 valence electrons. The predicted octanol–water partition coefficient (Wildman–Crippen LogP) is 3.39. The first-order valence-electron chi connectivity index (χ1n) is 10.6. The molecule has 1 heterocycles. The number of sulfone groups is 1. The largest absolute Gasteiger partial charge is 0.497 e. The van der Waals surface area contributed by atoms with E-state index < -0.39 is 9.84 Å². The zero-order chi connectivity index (χ0) is 24.3. The van der Waals surface area contributed by atoms with Crippen LogP contribution in [0, 0.1) is 0 Å². The minimum absolute atomic E-state index is 0.228. The molecule has 3 aromatic carbocycles. The molecule has 0 aliphatic rings. The Morgan fingerprint density at radius 1 is 0.971 bits per heavy atom. The van der Waals surface area contributed by atoms with Gasteiger partial charge in [-0.2, -0.15) is 0 Å². The van der Waals surface area contributed by atoms with Gasteiger partial charge in [-0.25, -0.2) is 8.42 Å². The molecule has 4 aromatic rings. The van der Waals surface area contributed by atoms with Crippen molar-refractivity contribution in [3.8, 4) is 5.75 Å². The van der Waals surface area contributed by atoms with Crippen LogP contribution in [0.3, 0.4) is 0 Å². The summed E-state index contributed by atoms with van der Waals surface area (Å²) in [4.78, 5) is 26.0. The number of nitrogens with zero attached hydrogens (tertiary/aromatic N) is 1. The Hall–Kier alpha value is -3.91. The molecule has 1 aromatic heterocycles. The third-order valence-electron chi connectivity index (χ3n) is 5.53. The molecule has 0 radical (unpaired) electrons. The van der Waals surface area contributed by atoms with Crippen molar-refractivity contribution in [1.82, 2.24) is 9.88 Å². The number of carbonyl (C=O) groups is 1. The number of carbonyl (C=O) groups excluding carboxylic acids is 1. The van der Waals surface area contributed by atoms with Gasteiger partial charge in [0.2, 0.25) is 0 Å². The summed E-state index contributed by atoms with van der Waals surface area (Å²) in [6, 6.07) is 20.7. The lowest BCUT2D eigenvalue weighted by Crippen LogP contribution is -2.24. The minimum Gasteiger partial charge on any atom is -0.497 e. The standard InChI is InChI=1S/C26H24N2O5S/c1-33-22-5-3-4-19(14-22)16-27-25(29)21-9-8-20-12-13-28(26(30)24(20)15-21)17-18-6-10-23(11-7-18)34(2,31)32/h3-15H,16-17H2,1-2H3,(H,27,29). The van der Waals surface area contributed by atoms with Crippen LogP contribution in [0.2, 0.25) is 0 Å². The highest BCUT2D eigenvalue weighted by Gasteiger charge is 2.11. The summed E-state index contributed by atoms with van der Waals surface area (Å²) < 4.78 is 30.0. The summed E-state index contributed by atoms with van der Waals surface area (Å²) in [6.45, 7) is 0.613. The number of fused-ring (bicyclic) bond motifs is 1. The molecule has 0 bridgehead atoms. The number of hydrogen-bond donors (Lipinski definition) is 1. The average molecular weight is 477 g/mol. The van der Waals surface area contributed by atoms with Crippen molar-refractivity contribution in [2.45, 2.75) is 18.0 Å². The van der Waals surface area contributed by atoms with Crippen molar-refractivity contribution in [3.63, 3.8) is 0 Å². The van der Waals surface area contributed by atoms with Crippen LogP contribution in [0.25, 0.3) is 10.8 Å². The number of ether oxygens (including phenoxy) is 1. The van der Waals surface area contributed by atoms with E-state index in [4.69, 9.17) is 4.74 Å². The first kappa shape index (κ1) is 23.3. The fourth-order valence-corrected chi connectivity index (χ4v) is 4.28. The number of benzene rings is 3. The summed E-state index contributed by atoms with van der Waals surface area (Å²) in [7, 11) is -1.69. The van der Waals surface area contributed by atoms with Crippen molar-refractivity contribution in [2.24, 2.45) is 0 Å². The van der Waals surface area contributed by atoms with Crippen molar-refractivity contribution in [3.05, 3.63) is 106 Å². The number of pyridine rings is 1. The van der Waals surface area contributed by atoms with Crippen LogP contribution in [0.15, 0.2) is 88.7 Å². The number of methoxy groups -OCH3 is 1. The Balaban J connectivity index is 1.55. The average Bonchev–Trinajstić information content (AvgIpc) is 2.84. The second-order valence-electron chi connectivity index (χ2n) is 8.00. The summed E-state index contributed by atoms with van der Waals surface area (Å²) in [5.74, 6) is 0.430. The molecule has 34 heavy (non-hydrogen) atoms. The molecule has 1 amide bonds. The SMILES string of the molecule is COc1cccc(CNC(=O)c2ccc3ccn(Cc4ccc(S(C)(=O)=O)cc4)c(=O)c3c2)c1. The lowest BCUT2D eigenvalue weighted by Gasteiger charge is -2.10. The van der Waals surface area contributed by atoms with Gasteiger partial charge in [-0.15, -0.1) is 0 Å². The van der Waals surface area contributed by atoms with Crippen LogP contribution < -0.4 is 15.6 Å². The van der Waals surface area contributed by atoms with Crippen molar-refractivity contribution < 1.29 is 17.9 Å². The van der Waals surface area contributed by atoms with Crippen LogP contribution in [0.5, 0.6) is 5.75 Å². The van der Waals surface area contributed by atoms with Crippen LogP contribution in [-0.2, 0) is 22.9 Å². The van der Waals surface area contributed by atoms with E-state index in [0.29, 0.717) is 23.2 Å². The monoisotopic (exact) mass is 476 g/mol. The molecule has 0 unspecified atom stereocenters. The maximum absolute atomic E-state index is 13.1. The van der Waals surface area contributed by atoms with Gasteiger partial charge in [0.1, 0.15) is 5.75 Å². The number of rotatable bonds is 7. The zero-order valence-corrected chi connectivity index (χ0v) is 19.6. The second-order valence-corrected chi connectivity index (χ2v) is 10.0. The van der Waals surface area contributed by atoms with Gasteiger partial charge < -0.3 is 14.6 Å². The fourth-order valence-electron chi connectivity index (χ4n) is 3.65. The van der Waals surface area contributed by atoms with Crippen LogP contribution >= 0.6 is 0 Å². The fraction of sp³-hybridized carbons (Fsp3) is 0.154. The topological polar surface area (TPSA) is 94.5 Å². The Morgan fingerprint density at radius 2 is 1.74 bits per heavy atom. The van der Waals surface area contributed by atoms with Gasteiger partial charge in [-0.05, 0) is 59.0 Å². The minimum atomic E-state index is -3.28. The summed E-state index contributed by atoms with van der Waals surface area (Å²) in [6.07, 6.45) is 2.85. The lowest BCUT2D eigenvalue weighted by atomic mass is 10.1. The number of amides is 1. The third-order valence-corrected chi connectivity index (χ3v) is 6.66. The molecule has 1 N–H and O–H groups in total. The Morgan fingerprint density at radius 3 is 2.44 bits per heavy atom. The Labute approximate surface area is 197 Å². The molecular formula is C26H24N2O5S. The molecule has 4 rings (SSSR count). The molecule has 0 spiro atoms. The van der Waals surface area contributed by atoms with Gasteiger partial charge in [0.25, 0.3) is 11.5 Å². The first-order chi connectivity index (χ1) is 16.2. The third kappa shape index (κ3) is 5.18. The molecule has 8 heteroatoms. The molecule has 0 saturated heterocycles. The molecule has 0 fully saturated rings. The Bertz CT molecular complexity index is 1520. The van der Waals surface area contributed by atoms with E-state index in [9.17, 15) is 18.0 Å². The molecule has 7 nitrogen and oxygen atoms in total. The molecular weight excluding hydrogens is 452 g/mol. The van der Waals surface area contributed by atoms with Crippen molar-refractivity contribution in [2.75, 3.05) is 13.4 Å². The second kappa shape index (κ2) is 9.52. The molecule has 0 aliphatic carbocycles. The van der Waals surface area contributed by atoms with E-state index in [1.165, 1.54) is 16.7 Å². The van der Waals surface area contributed by atoms with E-state index in [1.807, 2.05) is 30.3 Å². The number of aromatic nitrogens is 1. The maximum Gasteiger partial charge on any atom is 0.258 e. The van der Waals surface area contributed by atoms with Gasteiger partial charge in [0, 0.05) is 29.9 Å². The normalized spacial score (nSPS) is 11.4. The van der Waals surface area contributed by atoms with Gasteiger partial charge in [0.15, 0.2) is 9.84 Å². The van der Waals surface area contributed by atoms with Crippen molar-refractivity contribution in [1.29, 1.82) is 0 Å². The van der Waals surface area contributed by atoms with E-state index in [0.717, 1.165) is 22.8 Å². The van der Waals surface area contributed by atoms with Crippen LogP contribution in [0.1, 0.15) is 21.5 Å². The van der Waals surface area contributed by atoms with E-state index in [-0.39, 0.29) is 22.9 Å².